The van der Waals surface area contributed by atoms with Crippen molar-refractivity contribution >= 4 is 28.3 Å². The van der Waals surface area contributed by atoms with Gasteiger partial charge in [0.05, 0.1) is 17.4 Å². The zero-order chi connectivity index (χ0) is 26.5. The van der Waals surface area contributed by atoms with Gasteiger partial charge < -0.3 is 15.1 Å². The Labute approximate surface area is 223 Å². The van der Waals surface area contributed by atoms with Crippen LogP contribution in [0.1, 0.15) is 35.3 Å². The number of benzene rings is 1. The molecule has 9 heteroatoms. The van der Waals surface area contributed by atoms with Gasteiger partial charge in [0.15, 0.2) is 5.69 Å². The van der Waals surface area contributed by atoms with Crippen LogP contribution >= 0.6 is 0 Å². The maximum Gasteiger partial charge on any atom is 0.276 e. The van der Waals surface area contributed by atoms with E-state index in [0.717, 1.165) is 60.6 Å². The van der Waals surface area contributed by atoms with Crippen molar-refractivity contribution in [3.8, 4) is 11.1 Å². The van der Waals surface area contributed by atoms with Crippen LogP contribution in [0.2, 0.25) is 0 Å². The van der Waals surface area contributed by atoms with E-state index in [9.17, 15) is 4.79 Å². The normalized spacial score (nSPS) is 14.2. The van der Waals surface area contributed by atoms with Gasteiger partial charge in [-0.15, -0.1) is 0 Å². The molecule has 1 aromatic carbocycles. The summed E-state index contributed by atoms with van der Waals surface area (Å²) in [6, 6.07) is 12.0. The number of carbonyl (C=O) groups excluding carboxylic acids is 1. The maximum atomic E-state index is 13.2. The molecule has 1 aliphatic heterocycles. The Hall–Kier alpha value is -3.82. The van der Waals surface area contributed by atoms with E-state index in [1.165, 1.54) is 24.8 Å². The maximum absolute atomic E-state index is 13.2. The van der Waals surface area contributed by atoms with E-state index in [4.69, 9.17) is 0 Å². The van der Waals surface area contributed by atoms with Crippen molar-refractivity contribution in [1.82, 2.24) is 30.0 Å². The van der Waals surface area contributed by atoms with Crippen LogP contribution in [0.25, 0.3) is 22.0 Å². The summed E-state index contributed by atoms with van der Waals surface area (Å²) in [4.78, 5) is 28.9. The molecule has 1 saturated heterocycles. The molecule has 4 aromatic rings. The third-order valence-corrected chi connectivity index (χ3v) is 7.04. The summed E-state index contributed by atoms with van der Waals surface area (Å²) < 4.78 is 0. The fourth-order valence-corrected chi connectivity index (χ4v) is 4.81. The molecule has 198 valence electrons. The third kappa shape index (κ3) is 6.17. The number of H-pyrrole nitrogens is 1. The molecule has 0 spiro atoms. The number of anilines is 2. The van der Waals surface area contributed by atoms with Crippen LogP contribution in [0, 0.1) is 0 Å². The number of amides is 1. The van der Waals surface area contributed by atoms with Gasteiger partial charge in [-0.25, -0.2) is 4.98 Å². The van der Waals surface area contributed by atoms with E-state index in [0.29, 0.717) is 11.4 Å². The lowest BCUT2D eigenvalue weighted by molar-refractivity contribution is 0.102. The highest BCUT2D eigenvalue weighted by atomic mass is 16.1. The highest BCUT2D eigenvalue weighted by Crippen LogP contribution is 2.27. The predicted octanol–water partition coefficient (Wildman–Crippen LogP) is 4.26. The average molecular weight is 513 g/mol. The first-order chi connectivity index (χ1) is 18.5. The van der Waals surface area contributed by atoms with E-state index in [2.05, 4.69) is 46.2 Å². The molecule has 0 aliphatic carbocycles. The minimum atomic E-state index is -0.277. The largest absolute Gasteiger partial charge is 0.358 e. The number of pyridine rings is 2. The monoisotopic (exact) mass is 512 g/mol. The van der Waals surface area contributed by atoms with Gasteiger partial charge in [-0.2, -0.15) is 5.10 Å². The number of aromatic nitrogens is 4. The van der Waals surface area contributed by atoms with E-state index in [1.54, 1.807) is 6.20 Å². The van der Waals surface area contributed by atoms with Crippen molar-refractivity contribution in [3.05, 3.63) is 66.2 Å². The number of likely N-dealkylation sites (N-methyl/N-ethyl adjacent to an activating group) is 2. The van der Waals surface area contributed by atoms with Crippen LogP contribution < -0.4 is 10.2 Å². The van der Waals surface area contributed by atoms with Gasteiger partial charge in [0, 0.05) is 50.0 Å². The topological polar surface area (TPSA) is 93.3 Å². The number of fused-ring (bicyclic) bond motifs is 1. The molecule has 3 aromatic heterocycles. The molecular weight excluding hydrogens is 476 g/mol. The second-order valence-corrected chi connectivity index (χ2v) is 10.3. The van der Waals surface area contributed by atoms with Crippen molar-refractivity contribution in [2.24, 2.45) is 0 Å². The van der Waals surface area contributed by atoms with E-state index in [1.807, 2.05) is 63.9 Å². The van der Waals surface area contributed by atoms with E-state index < -0.39 is 0 Å². The van der Waals surface area contributed by atoms with Crippen molar-refractivity contribution in [1.29, 1.82) is 0 Å². The number of piperidine rings is 1. The smallest absolute Gasteiger partial charge is 0.276 e. The summed E-state index contributed by atoms with van der Waals surface area (Å²) in [6.45, 7) is 5.01. The Balaban J connectivity index is 1.30. The number of nitrogens with one attached hydrogen (secondary N) is 2. The molecular formula is C29H36N8O. The predicted molar refractivity (Wildman–Crippen MR) is 152 cm³/mol. The molecule has 0 bridgehead atoms. The Bertz CT molecular complexity index is 1380. The summed E-state index contributed by atoms with van der Waals surface area (Å²) in [5.74, 6) is 0.580. The molecule has 5 rings (SSSR count). The van der Waals surface area contributed by atoms with Crippen molar-refractivity contribution in [2.45, 2.75) is 25.8 Å². The summed E-state index contributed by atoms with van der Waals surface area (Å²) >= 11 is 0. The number of likely N-dealkylation sites (tertiary alicyclic amines) is 1. The first kappa shape index (κ1) is 25.8. The number of carbonyl (C=O) groups is 1. The SMILES string of the molecule is CN(C)CCN(C)c1ccc(NC(=O)c2n[nH]c3ccc(-c4cncc(CN5CCCCC5)c4)cc23)cn1. The first-order valence-electron chi connectivity index (χ1n) is 13.2. The molecule has 1 aliphatic rings. The summed E-state index contributed by atoms with van der Waals surface area (Å²) in [7, 11) is 6.11. The van der Waals surface area contributed by atoms with Crippen molar-refractivity contribution in [2.75, 3.05) is 57.5 Å². The zero-order valence-electron chi connectivity index (χ0n) is 22.4. The standard InChI is InChI=1S/C29H36N8O/c1-35(2)13-14-36(3)27-10-8-24(19-31-27)32-29(38)28-25-16-22(7-9-26(25)33-34-28)23-15-21(17-30-18-23)20-37-11-5-4-6-12-37/h7-10,15-19H,4-6,11-14,20H2,1-3H3,(H,32,38)(H,33,34). The van der Waals surface area contributed by atoms with Gasteiger partial charge in [-0.1, -0.05) is 12.5 Å². The number of hydrogen-bond acceptors (Lipinski definition) is 7. The summed E-state index contributed by atoms with van der Waals surface area (Å²) in [5, 5.41) is 11.0. The fourth-order valence-electron chi connectivity index (χ4n) is 4.81. The number of rotatable bonds is 9. The Morgan fingerprint density at radius 1 is 0.974 bits per heavy atom. The van der Waals surface area contributed by atoms with Crippen LogP contribution in [0.15, 0.2) is 55.0 Å². The Morgan fingerprint density at radius 2 is 1.82 bits per heavy atom. The summed E-state index contributed by atoms with van der Waals surface area (Å²) in [6.07, 6.45) is 9.37. The highest BCUT2D eigenvalue weighted by Gasteiger charge is 2.17. The molecule has 2 N–H and O–H groups in total. The average Bonchev–Trinajstić information content (AvgIpc) is 3.36. The Kier molecular flexibility index (Phi) is 7.95. The van der Waals surface area contributed by atoms with Gasteiger partial charge in [0.25, 0.3) is 5.91 Å². The lowest BCUT2D eigenvalue weighted by atomic mass is 10.0. The lowest BCUT2D eigenvalue weighted by Gasteiger charge is -2.26. The van der Waals surface area contributed by atoms with Crippen LogP contribution in [0.4, 0.5) is 11.5 Å². The quantitative estimate of drug-likeness (QED) is 0.346. The first-order valence-corrected chi connectivity index (χ1v) is 13.2. The summed E-state index contributed by atoms with van der Waals surface area (Å²) in [5.41, 5.74) is 5.04. The van der Waals surface area contributed by atoms with Gasteiger partial charge in [0.1, 0.15) is 5.82 Å². The molecule has 38 heavy (non-hydrogen) atoms. The molecule has 9 nitrogen and oxygen atoms in total. The molecule has 1 fully saturated rings. The third-order valence-electron chi connectivity index (χ3n) is 7.04. The number of nitrogens with zero attached hydrogens (tertiary/aromatic N) is 6. The van der Waals surface area contributed by atoms with Crippen LogP contribution in [-0.4, -0.2) is 83.2 Å². The molecule has 1 amide bonds. The van der Waals surface area contributed by atoms with Crippen LogP contribution in [0.5, 0.6) is 0 Å². The van der Waals surface area contributed by atoms with Gasteiger partial charge >= 0.3 is 0 Å². The minimum Gasteiger partial charge on any atom is -0.358 e. The van der Waals surface area contributed by atoms with Gasteiger partial charge in [-0.3, -0.25) is 19.8 Å². The number of aromatic amines is 1. The van der Waals surface area contributed by atoms with E-state index in [-0.39, 0.29) is 5.91 Å². The fraction of sp³-hybridized carbons (Fsp3) is 0.379. The molecule has 0 saturated carbocycles. The van der Waals surface area contributed by atoms with Crippen LogP contribution in [0.3, 0.4) is 0 Å². The number of hydrogen-bond donors (Lipinski definition) is 2. The van der Waals surface area contributed by atoms with Crippen LogP contribution in [-0.2, 0) is 6.54 Å². The molecule has 4 heterocycles. The second-order valence-electron chi connectivity index (χ2n) is 10.3. The highest BCUT2D eigenvalue weighted by molar-refractivity contribution is 6.11. The minimum absolute atomic E-state index is 0.277. The van der Waals surface area contributed by atoms with Gasteiger partial charge in [0.2, 0.25) is 0 Å². The Morgan fingerprint density at radius 3 is 2.58 bits per heavy atom. The van der Waals surface area contributed by atoms with E-state index >= 15 is 0 Å². The zero-order valence-corrected chi connectivity index (χ0v) is 22.4. The second kappa shape index (κ2) is 11.7. The molecule has 0 radical (unpaired) electrons. The van der Waals surface area contributed by atoms with Crippen molar-refractivity contribution < 1.29 is 4.79 Å². The van der Waals surface area contributed by atoms with Gasteiger partial charge in [-0.05, 0) is 81.5 Å². The molecule has 0 atom stereocenters. The molecule has 0 unspecified atom stereocenters. The van der Waals surface area contributed by atoms with Crippen molar-refractivity contribution in [3.63, 3.8) is 0 Å². The lowest BCUT2D eigenvalue weighted by Crippen LogP contribution is -2.29.